The normalized spacial score (nSPS) is 16.6. The highest BCUT2D eigenvalue weighted by Crippen LogP contribution is 2.44. The first kappa shape index (κ1) is 21.5. The van der Waals surface area contributed by atoms with Crippen LogP contribution >= 0.6 is 11.3 Å². The molecular weight excluding hydrogens is 429 g/mol. The van der Waals surface area contributed by atoms with Gasteiger partial charge in [-0.15, -0.1) is 0 Å². The Hall–Kier alpha value is -2.72. The molecule has 0 aliphatic carbocycles. The second kappa shape index (κ2) is 7.76. The molecule has 0 fully saturated rings. The highest BCUT2D eigenvalue weighted by Gasteiger charge is 2.52. The van der Waals surface area contributed by atoms with E-state index in [0.29, 0.717) is 45.1 Å². The molecule has 2 aromatic heterocycles. The summed E-state index contributed by atoms with van der Waals surface area (Å²) in [6.07, 6.45) is -2.03. The summed E-state index contributed by atoms with van der Waals surface area (Å²) in [5.41, 5.74) is 1.02. The van der Waals surface area contributed by atoms with E-state index in [1.54, 1.807) is 24.3 Å². The van der Waals surface area contributed by atoms with Gasteiger partial charge in [0.1, 0.15) is 15.4 Å². The Kier molecular flexibility index (Phi) is 5.38. The molecule has 0 saturated carbocycles. The number of amides is 1. The van der Waals surface area contributed by atoms with Gasteiger partial charge in [0.05, 0.1) is 23.9 Å². The van der Waals surface area contributed by atoms with Crippen LogP contribution in [0.4, 0.5) is 24.5 Å². The summed E-state index contributed by atoms with van der Waals surface area (Å²) in [5.74, 6) is -0.348. The number of benzene rings is 1. The van der Waals surface area contributed by atoms with Crippen molar-refractivity contribution in [3.8, 4) is 0 Å². The lowest BCUT2D eigenvalue weighted by molar-refractivity contribution is -0.217. The van der Waals surface area contributed by atoms with Crippen LogP contribution in [0.2, 0.25) is 0 Å². The van der Waals surface area contributed by atoms with E-state index >= 15 is 0 Å². The summed E-state index contributed by atoms with van der Waals surface area (Å²) in [5, 5.41) is 15.5. The minimum absolute atomic E-state index is 0.174. The number of alkyl halides is 3. The van der Waals surface area contributed by atoms with Crippen LogP contribution in [0.25, 0.3) is 10.3 Å². The van der Waals surface area contributed by atoms with E-state index in [4.69, 9.17) is 0 Å². The molecule has 4 rings (SSSR count). The van der Waals surface area contributed by atoms with E-state index in [1.165, 1.54) is 31.4 Å². The number of hydrogen-bond donors (Lipinski definition) is 3. The summed E-state index contributed by atoms with van der Waals surface area (Å²) in [4.78, 5) is 21.8. The summed E-state index contributed by atoms with van der Waals surface area (Å²) in [6.45, 7) is 2.23. The van der Waals surface area contributed by atoms with Gasteiger partial charge in [-0.25, -0.2) is 9.97 Å². The molecule has 3 heterocycles. The summed E-state index contributed by atoms with van der Waals surface area (Å²) in [6, 6.07) is 5.88. The molecular formula is C21H21F3N4O2S. The lowest BCUT2D eigenvalue weighted by Crippen LogP contribution is -2.48. The van der Waals surface area contributed by atoms with Gasteiger partial charge in [0.25, 0.3) is 5.91 Å². The number of rotatable bonds is 4. The van der Waals surface area contributed by atoms with Gasteiger partial charge in [-0.3, -0.25) is 4.79 Å². The summed E-state index contributed by atoms with van der Waals surface area (Å²) in [7, 11) is 0. The SMILES string of the molecule is CC(C)(C1CCc2cc(C(=O)Nc3cnc4sc(CO)nc4c3)ccc2N1)C(F)(F)F. The number of pyridine rings is 1. The molecule has 10 heteroatoms. The molecule has 0 radical (unpaired) electrons. The maximum Gasteiger partial charge on any atom is 0.395 e. The van der Waals surface area contributed by atoms with Gasteiger partial charge < -0.3 is 15.7 Å². The lowest BCUT2D eigenvalue weighted by Gasteiger charge is -2.40. The van der Waals surface area contributed by atoms with E-state index in [-0.39, 0.29) is 12.5 Å². The van der Waals surface area contributed by atoms with Gasteiger partial charge in [0.15, 0.2) is 0 Å². The zero-order valence-electron chi connectivity index (χ0n) is 16.9. The van der Waals surface area contributed by atoms with Crippen LogP contribution < -0.4 is 10.6 Å². The van der Waals surface area contributed by atoms with E-state index in [0.717, 1.165) is 5.56 Å². The minimum Gasteiger partial charge on any atom is -0.389 e. The van der Waals surface area contributed by atoms with Crippen LogP contribution in [0, 0.1) is 5.41 Å². The van der Waals surface area contributed by atoms with Crippen molar-refractivity contribution in [3.05, 3.63) is 46.6 Å². The topological polar surface area (TPSA) is 87.1 Å². The van der Waals surface area contributed by atoms with Crippen molar-refractivity contribution in [3.63, 3.8) is 0 Å². The molecule has 0 spiro atoms. The molecule has 1 aliphatic heterocycles. The van der Waals surface area contributed by atoms with Crippen molar-refractivity contribution < 1.29 is 23.1 Å². The molecule has 31 heavy (non-hydrogen) atoms. The quantitative estimate of drug-likeness (QED) is 0.534. The van der Waals surface area contributed by atoms with E-state index in [1.807, 2.05) is 0 Å². The average Bonchev–Trinajstić information content (AvgIpc) is 3.14. The number of hydrogen-bond acceptors (Lipinski definition) is 6. The van der Waals surface area contributed by atoms with Crippen molar-refractivity contribution >= 4 is 39.0 Å². The smallest absolute Gasteiger partial charge is 0.389 e. The number of aliphatic hydroxyl groups is 1. The van der Waals surface area contributed by atoms with E-state index < -0.39 is 17.6 Å². The molecule has 0 saturated heterocycles. The van der Waals surface area contributed by atoms with Gasteiger partial charge in [0, 0.05) is 17.3 Å². The molecule has 1 aliphatic rings. The molecule has 1 atom stereocenters. The fourth-order valence-corrected chi connectivity index (χ4v) is 4.33. The number of aliphatic hydroxyl groups excluding tert-OH is 1. The number of halogens is 3. The van der Waals surface area contributed by atoms with E-state index in [9.17, 15) is 23.1 Å². The Bertz CT molecular complexity index is 1140. The molecule has 3 N–H and O–H groups in total. The molecule has 0 bridgehead atoms. The zero-order chi connectivity index (χ0) is 22.4. The number of thiazole rings is 1. The Morgan fingerprint density at radius 1 is 1.32 bits per heavy atom. The standard InChI is InChI=1S/C21H21F3N4O2S/c1-20(2,21(22,23)24)16-6-4-11-7-12(3-5-14(11)27-16)18(30)26-13-8-15-19(25-9-13)31-17(10-29)28-15/h3,5,7-9,16,27,29H,4,6,10H2,1-2H3,(H,26,30). The monoisotopic (exact) mass is 450 g/mol. The fourth-order valence-electron chi connectivity index (χ4n) is 3.59. The van der Waals surface area contributed by atoms with E-state index in [2.05, 4.69) is 20.6 Å². The number of aromatic nitrogens is 2. The first-order valence-electron chi connectivity index (χ1n) is 9.72. The lowest BCUT2D eigenvalue weighted by atomic mass is 9.78. The highest BCUT2D eigenvalue weighted by atomic mass is 32.1. The van der Waals surface area contributed by atoms with Crippen molar-refractivity contribution in [1.82, 2.24) is 9.97 Å². The molecule has 6 nitrogen and oxygen atoms in total. The van der Waals surface area contributed by atoms with Crippen LogP contribution in [0.15, 0.2) is 30.5 Å². The Labute approximate surface area is 180 Å². The van der Waals surface area contributed by atoms with Crippen LogP contribution in [0.3, 0.4) is 0 Å². The van der Waals surface area contributed by atoms with Crippen LogP contribution in [0.1, 0.15) is 41.2 Å². The van der Waals surface area contributed by atoms with Crippen molar-refractivity contribution in [2.24, 2.45) is 5.41 Å². The van der Waals surface area contributed by atoms with Crippen LogP contribution in [-0.2, 0) is 13.0 Å². The Morgan fingerprint density at radius 3 is 2.81 bits per heavy atom. The maximum atomic E-state index is 13.4. The second-order valence-electron chi connectivity index (χ2n) is 8.10. The number of aryl methyl sites for hydroxylation is 1. The predicted octanol–water partition coefficient (Wildman–Crippen LogP) is 4.75. The largest absolute Gasteiger partial charge is 0.395 e. The summed E-state index contributed by atoms with van der Waals surface area (Å²) < 4.78 is 40.1. The second-order valence-corrected chi connectivity index (χ2v) is 9.16. The fraction of sp³-hybridized carbons (Fsp3) is 0.381. The number of anilines is 2. The molecule has 1 aromatic carbocycles. The third-order valence-corrected chi connectivity index (χ3v) is 6.65. The van der Waals surface area contributed by atoms with Gasteiger partial charge in [-0.2, -0.15) is 13.2 Å². The number of nitrogens with zero attached hydrogens (tertiary/aromatic N) is 2. The Balaban J connectivity index is 1.50. The third kappa shape index (κ3) is 4.09. The van der Waals surface area contributed by atoms with Crippen LogP contribution in [-0.4, -0.2) is 33.2 Å². The van der Waals surface area contributed by atoms with Gasteiger partial charge in [-0.1, -0.05) is 11.3 Å². The van der Waals surface area contributed by atoms with Gasteiger partial charge >= 0.3 is 6.18 Å². The number of nitrogens with one attached hydrogen (secondary N) is 2. The maximum absolute atomic E-state index is 13.4. The van der Waals surface area contributed by atoms with Gasteiger partial charge in [-0.05, 0) is 56.5 Å². The van der Waals surface area contributed by atoms with Crippen molar-refractivity contribution in [2.45, 2.75) is 45.5 Å². The average molecular weight is 450 g/mol. The minimum atomic E-state index is -4.31. The van der Waals surface area contributed by atoms with Crippen LogP contribution in [0.5, 0.6) is 0 Å². The zero-order valence-corrected chi connectivity index (χ0v) is 17.7. The van der Waals surface area contributed by atoms with Gasteiger partial charge in [0.2, 0.25) is 0 Å². The molecule has 1 unspecified atom stereocenters. The first-order valence-corrected chi connectivity index (χ1v) is 10.5. The molecule has 1 amide bonds. The van der Waals surface area contributed by atoms with Crippen molar-refractivity contribution in [2.75, 3.05) is 10.6 Å². The molecule has 3 aromatic rings. The number of fused-ring (bicyclic) bond motifs is 2. The highest BCUT2D eigenvalue weighted by molar-refractivity contribution is 7.18. The first-order chi connectivity index (χ1) is 14.6. The number of carbonyl (C=O) groups excluding carboxylic acids is 1. The summed E-state index contributed by atoms with van der Waals surface area (Å²) >= 11 is 1.28. The third-order valence-electron chi connectivity index (χ3n) is 5.69. The Morgan fingerprint density at radius 2 is 2.10 bits per heavy atom. The number of carbonyl (C=O) groups is 1. The van der Waals surface area contributed by atoms with Crippen molar-refractivity contribution in [1.29, 1.82) is 0 Å². The molecule has 164 valence electrons. The predicted molar refractivity (Wildman–Crippen MR) is 113 cm³/mol.